The minimum absolute atomic E-state index is 0.115. The number of aromatic nitrogens is 1. The second kappa shape index (κ2) is 7.06. The van der Waals surface area contributed by atoms with Gasteiger partial charge in [0.15, 0.2) is 5.11 Å². The van der Waals surface area contributed by atoms with E-state index in [0.29, 0.717) is 12.6 Å². The van der Waals surface area contributed by atoms with Gasteiger partial charge in [0.2, 0.25) is 0 Å². The number of halogens is 1. The van der Waals surface area contributed by atoms with Crippen molar-refractivity contribution in [3.8, 4) is 0 Å². The molecule has 0 radical (unpaired) electrons. The monoisotopic (exact) mass is 369 g/mol. The largest absolute Gasteiger partial charge is 0.362 e. The Bertz CT molecular complexity index is 901. The molecule has 4 rings (SSSR count). The van der Waals surface area contributed by atoms with Crippen molar-refractivity contribution < 1.29 is 0 Å². The van der Waals surface area contributed by atoms with Crippen molar-refractivity contribution in [1.82, 2.24) is 15.6 Å². The fourth-order valence-electron chi connectivity index (χ4n) is 3.19. The molecule has 1 aromatic heterocycles. The molecule has 0 amide bonds. The predicted molar refractivity (Wildman–Crippen MR) is 108 cm³/mol. The molecule has 3 N–H and O–H groups in total. The number of benzene rings is 2. The maximum atomic E-state index is 6.51. The number of hydrogen-bond acceptors (Lipinski definition) is 1. The number of rotatable bonds is 5. The van der Waals surface area contributed by atoms with Gasteiger partial charge in [0.05, 0.1) is 0 Å². The van der Waals surface area contributed by atoms with Gasteiger partial charge in [0.1, 0.15) is 0 Å². The maximum Gasteiger partial charge on any atom is 0.166 e. The number of H-pyrrole nitrogens is 1. The molecule has 0 bridgehead atoms. The average molecular weight is 370 g/mol. The van der Waals surface area contributed by atoms with Crippen LogP contribution in [0.25, 0.3) is 10.9 Å². The van der Waals surface area contributed by atoms with Crippen molar-refractivity contribution in [1.29, 1.82) is 0 Å². The highest BCUT2D eigenvalue weighted by molar-refractivity contribution is 7.80. The number of fused-ring (bicyclic) bond motifs is 1. The van der Waals surface area contributed by atoms with E-state index in [0.717, 1.165) is 21.2 Å². The van der Waals surface area contributed by atoms with E-state index in [4.69, 9.17) is 23.8 Å². The Labute approximate surface area is 157 Å². The number of hydrogen-bond donors (Lipinski definition) is 3. The number of thiocarbonyl (C=S) groups is 1. The molecule has 0 aliphatic heterocycles. The highest BCUT2D eigenvalue weighted by Crippen LogP contribution is 2.34. The highest BCUT2D eigenvalue weighted by Gasteiger charge is 2.23. The van der Waals surface area contributed by atoms with Crippen LogP contribution in [0.4, 0.5) is 0 Å². The maximum absolute atomic E-state index is 6.51. The first-order valence-corrected chi connectivity index (χ1v) is 9.36. The second-order valence-corrected chi connectivity index (χ2v) is 7.31. The molecule has 0 spiro atoms. The molecule has 0 saturated heterocycles. The summed E-state index contributed by atoms with van der Waals surface area (Å²) < 4.78 is 0. The van der Waals surface area contributed by atoms with Gasteiger partial charge in [0.25, 0.3) is 0 Å². The summed E-state index contributed by atoms with van der Waals surface area (Å²) >= 11 is 11.9. The smallest absolute Gasteiger partial charge is 0.166 e. The van der Waals surface area contributed by atoms with Crippen LogP contribution in [-0.4, -0.2) is 22.7 Å². The van der Waals surface area contributed by atoms with Crippen molar-refractivity contribution >= 4 is 39.8 Å². The molecule has 5 heteroatoms. The van der Waals surface area contributed by atoms with Crippen molar-refractivity contribution in [2.45, 2.75) is 24.8 Å². The zero-order valence-corrected chi connectivity index (χ0v) is 15.3. The van der Waals surface area contributed by atoms with Gasteiger partial charge in [-0.3, -0.25) is 0 Å². The van der Waals surface area contributed by atoms with E-state index in [1.54, 1.807) is 0 Å². The molecule has 1 aliphatic rings. The van der Waals surface area contributed by atoms with E-state index < -0.39 is 0 Å². The molecule has 2 aromatic carbocycles. The Morgan fingerprint density at radius 2 is 1.88 bits per heavy atom. The van der Waals surface area contributed by atoms with Gasteiger partial charge in [-0.25, -0.2) is 0 Å². The lowest BCUT2D eigenvalue weighted by Gasteiger charge is -2.20. The van der Waals surface area contributed by atoms with Gasteiger partial charge in [-0.1, -0.05) is 48.0 Å². The summed E-state index contributed by atoms with van der Waals surface area (Å²) in [6, 6.07) is 16.9. The van der Waals surface area contributed by atoms with Crippen molar-refractivity contribution in [2.24, 2.45) is 0 Å². The number of aromatic amines is 1. The summed E-state index contributed by atoms with van der Waals surface area (Å²) in [4.78, 5) is 3.37. The first-order chi connectivity index (χ1) is 12.2. The third-order valence-corrected chi connectivity index (χ3v) is 5.26. The first kappa shape index (κ1) is 16.4. The van der Waals surface area contributed by atoms with E-state index in [2.05, 4.69) is 46.1 Å². The second-order valence-electron chi connectivity index (χ2n) is 6.49. The van der Waals surface area contributed by atoms with Crippen molar-refractivity contribution in [3.05, 3.63) is 70.9 Å². The molecule has 0 unspecified atom stereocenters. The van der Waals surface area contributed by atoms with Gasteiger partial charge in [0, 0.05) is 40.6 Å². The molecule has 25 heavy (non-hydrogen) atoms. The Morgan fingerprint density at radius 3 is 2.68 bits per heavy atom. The van der Waals surface area contributed by atoms with Crippen LogP contribution in [0.15, 0.2) is 54.7 Å². The Kier molecular flexibility index (Phi) is 4.64. The van der Waals surface area contributed by atoms with Crippen LogP contribution in [-0.2, 0) is 0 Å². The quantitative estimate of drug-likeness (QED) is 0.576. The van der Waals surface area contributed by atoms with Crippen LogP contribution in [0.5, 0.6) is 0 Å². The summed E-state index contributed by atoms with van der Waals surface area (Å²) in [7, 11) is 0. The SMILES string of the molecule is S=C(NC[C@@H](c1ccccc1Cl)c1c[nH]c2ccccc12)NC1CC1. The van der Waals surface area contributed by atoms with Gasteiger partial charge in [-0.15, -0.1) is 0 Å². The normalized spacial score (nSPS) is 15.1. The predicted octanol–water partition coefficient (Wildman–Crippen LogP) is 4.58. The Hall–Kier alpha value is -2.04. The lowest BCUT2D eigenvalue weighted by atomic mass is 9.91. The van der Waals surface area contributed by atoms with Crippen LogP contribution < -0.4 is 10.6 Å². The third-order valence-electron chi connectivity index (χ3n) is 4.66. The lowest BCUT2D eigenvalue weighted by molar-refractivity contribution is 0.742. The zero-order chi connectivity index (χ0) is 17.2. The molecule has 128 valence electrons. The lowest BCUT2D eigenvalue weighted by Crippen LogP contribution is -2.38. The summed E-state index contributed by atoms with van der Waals surface area (Å²) in [5, 5.41) is 9.44. The van der Waals surface area contributed by atoms with Crippen LogP contribution in [0.1, 0.15) is 29.9 Å². The Balaban J connectivity index is 1.65. The van der Waals surface area contributed by atoms with Gasteiger partial charge >= 0.3 is 0 Å². The summed E-state index contributed by atoms with van der Waals surface area (Å²) in [5.41, 5.74) is 3.47. The van der Waals surface area contributed by atoms with E-state index in [1.165, 1.54) is 23.8 Å². The summed E-state index contributed by atoms with van der Waals surface area (Å²) in [5.74, 6) is 0.115. The fourth-order valence-corrected chi connectivity index (χ4v) is 3.70. The van der Waals surface area contributed by atoms with Crippen molar-refractivity contribution in [3.63, 3.8) is 0 Å². The molecule has 1 fully saturated rings. The molecular weight excluding hydrogens is 350 g/mol. The Morgan fingerprint density at radius 1 is 1.12 bits per heavy atom. The van der Waals surface area contributed by atoms with Gasteiger partial charge in [-0.2, -0.15) is 0 Å². The summed E-state index contributed by atoms with van der Waals surface area (Å²) in [6.07, 6.45) is 4.49. The number of nitrogens with one attached hydrogen (secondary N) is 3. The van der Waals surface area contributed by atoms with E-state index in [1.807, 2.05) is 24.3 Å². The standard InChI is InChI=1S/C20H20ClN3S/c21-18-7-3-1-5-14(18)16(12-23-20(25)24-13-9-10-13)17-11-22-19-8-4-2-6-15(17)19/h1-8,11,13,16,22H,9-10,12H2,(H2,23,24,25)/t16-/m0/s1. The molecule has 3 aromatic rings. The van der Waals surface area contributed by atoms with Crippen LogP contribution in [0.3, 0.4) is 0 Å². The molecule has 3 nitrogen and oxygen atoms in total. The van der Waals surface area contributed by atoms with E-state index in [-0.39, 0.29) is 5.92 Å². The van der Waals surface area contributed by atoms with Crippen LogP contribution in [0.2, 0.25) is 5.02 Å². The zero-order valence-electron chi connectivity index (χ0n) is 13.8. The fraction of sp³-hybridized carbons (Fsp3) is 0.250. The van der Waals surface area contributed by atoms with Crippen LogP contribution >= 0.6 is 23.8 Å². The minimum atomic E-state index is 0.115. The third kappa shape index (κ3) is 3.65. The molecule has 1 heterocycles. The average Bonchev–Trinajstić information content (AvgIpc) is 3.33. The molecular formula is C20H20ClN3S. The highest BCUT2D eigenvalue weighted by atomic mass is 35.5. The van der Waals surface area contributed by atoms with Crippen molar-refractivity contribution in [2.75, 3.05) is 6.54 Å². The topological polar surface area (TPSA) is 39.9 Å². The number of para-hydroxylation sites is 1. The molecule has 1 aliphatic carbocycles. The van der Waals surface area contributed by atoms with Gasteiger partial charge < -0.3 is 15.6 Å². The first-order valence-electron chi connectivity index (χ1n) is 8.57. The summed E-state index contributed by atoms with van der Waals surface area (Å²) in [6.45, 7) is 0.699. The van der Waals surface area contributed by atoms with E-state index in [9.17, 15) is 0 Å². The molecule has 1 saturated carbocycles. The molecule has 1 atom stereocenters. The minimum Gasteiger partial charge on any atom is -0.362 e. The van der Waals surface area contributed by atoms with Gasteiger partial charge in [-0.05, 0) is 48.3 Å². The van der Waals surface area contributed by atoms with Crippen LogP contribution in [0, 0.1) is 0 Å². The van der Waals surface area contributed by atoms with E-state index >= 15 is 0 Å².